The van der Waals surface area contributed by atoms with Gasteiger partial charge < -0.3 is 10.4 Å². The number of aromatic carboxylic acids is 1. The number of hydrogen-bond acceptors (Lipinski definition) is 5. The molecule has 100 valence electrons. The molecule has 0 saturated heterocycles. The topological polar surface area (TPSA) is 75.1 Å². The molecule has 2 aromatic rings. The van der Waals surface area contributed by atoms with Gasteiger partial charge >= 0.3 is 5.97 Å². The number of carboxylic acids is 1. The second-order valence-electron chi connectivity index (χ2n) is 4.38. The van der Waals surface area contributed by atoms with Crippen molar-refractivity contribution in [1.29, 1.82) is 0 Å². The lowest BCUT2D eigenvalue weighted by Crippen LogP contribution is -2.20. The number of anilines is 1. The van der Waals surface area contributed by atoms with Gasteiger partial charge in [-0.1, -0.05) is 0 Å². The molecule has 0 spiro atoms. The molecular formula is C13H15N3O2S. The van der Waals surface area contributed by atoms with E-state index in [2.05, 4.69) is 26.7 Å². The van der Waals surface area contributed by atoms with Crippen molar-refractivity contribution >= 4 is 23.3 Å². The van der Waals surface area contributed by atoms with Gasteiger partial charge in [0, 0.05) is 12.2 Å². The average molecular weight is 277 g/mol. The first-order chi connectivity index (χ1) is 9.06. The summed E-state index contributed by atoms with van der Waals surface area (Å²) < 4.78 is 0. The van der Waals surface area contributed by atoms with Gasteiger partial charge in [0.05, 0.1) is 11.3 Å². The minimum atomic E-state index is -1.00. The molecule has 0 aromatic carbocycles. The number of carbonyl (C=O) groups is 1. The van der Waals surface area contributed by atoms with Crippen LogP contribution in [0.5, 0.6) is 0 Å². The second kappa shape index (κ2) is 5.79. The molecule has 5 nitrogen and oxygen atoms in total. The molecule has 0 aliphatic heterocycles. The van der Waals surface area contributed by atoms with Gasteiger partial charge in [0.25, 0.3) is 0 Å². The molecule has 2 aromatic heterocycles. The number of aryl methyl sites for hydroxylation is 1. The predicted octanol–water partition coefficient (Wildman–Crippen LogP) is 2.59. The molecule has 0 saturated carbocycles. The van der Waals surface area contributed by atoms with Crippen LogP contribution in [0.3, 0.4) is 0 Å². The fourth-order valence-corrected chi connectivity index (χ4v) is 2.46. The Hall–Kier alpha value is -1.95. The van der Waals surface area contributed by atoms with E-state index in [0.717, 1.165) is 6.42 Å². The highest BCUT2D eigenvalue weighted by molar-refractivity contribution is 7.07. The molecule has 0 bridgehead atoms. The lowest BCUT2D eigenvalue weighted by Gasteiger charge is -2.13. The minimum Gasteiger partial charge on any atom is -0.478 e. The summed E-state index contributed by atoms with van der Waals surface area (Å²) in [4.78, 5) is 19.1. The summed E-state index contributed by atoms with van der Waals surface area (Å²) in [6.45, 7) is 3.71. The Kier molecular flexibility index (Phi) is 4.11. The maximum Gasteiger partial charge on any atom is 0.339 e. The predicted molar refractivity (Wildman–Crippen MR) is 74.8 cm³/mol. The molecule has 0 fully saturated rings. The van der Waals surface area contributed by atoms with Crippen molar-refractivity contribution in [2.75, 3.05) is 5.32 Å². The van der Waals surface area contributed by atoms with Gasteiger partial charge in [-0.05, 0) is 42.7 Å². The summed E-state index contributed by atoms with van der Waals surface area (Å²) in [7, 11) is 0. The summed E-state index contributed by atoms with van der Waals surface area (Å²) in [6.07, 6.45) is 2.22. The van der Waals surface area contributed by atoms with E-state index in [-0.39, 0.29) is 11.6 Å². The van der Waals surface area contributed by atoms with Crippen LogP contribution in [0.15, 0.2) is 23.0 Å². The number of thiophene rings is 1. The van der Waals surface area contributed by atoms with Crippen molar-refractivity contribution in [3.05, 3.63) is 39.8 Å². The number of carboxylic acid groups (broad SMARTS) is 1. The van der Waals surface area contributed by atoms with E-state index in [1.54, 1.807) is 18.3 Å². The zero-order valence-electron chi connectivity index (χ0n) is 10.8. The molecule has 0 aliphatic rings. The van der Waals surface area contributed by atoms with Crippen molar-refractivity contribution in [2.45, 2.75) is 26.3 Å². The van der Waals surface area contributed by atoms with Gasteiger partial charge in [0.15, 0.2) is 0 Å². The molecule has 2 rings (SSSR count). The van der Waals surface area contributed by atoms with Crippen LogP contribution in [0.4, 0.5) is 5.95 Å². The van der Waals surface area contributed by atoms with Crippen LogP contribution in [0.2, 0.25) is 0 Å². The van der Waals surface area contributed by atoms with E-state index in [1.807, 2.05) is 12.3 Å². The zero-order valence-corrected chi connectivity index (χ0v) is 11.6. The SMILES string of the molecule is Cc1nc(NC(C)Cc2ccsc2)ncc1C(=O)O. The zero-order chi connectivity index (χ0) is 13.8. The number of hydrogen-bond donors (Lipinski definition) is 2. The summed E-state index contributed by atoms with van der Waals surface area (Å²) in [6, 6.07) is 2.27. The van der Waals surface area contributed by atoms with E-state index < -0.39 is 5.97 Å². The Morgan fingerprint density at radius 2 is 2.37 bits per heavy atom. The molecule has 0 radical (unpaired) electrons. The summed E-state index contributed by atoms with van der Waals surface area (Å²) >= 11 is 1.67. The summed E-state index contributed by atoms with van der Waals surface area (Å²) in [5.74, 6) is -0.541. The maximum atomic E-state index is 10.9. The molecular weight excluding hydrogens is 262 g/mol. The first-order valence-corrected chi connectivity index (χ1v) is 6.85. The number of nitrogens with one attached hydrogen (secondary N) is 1. The molecule has 1 atom stereocenters. The van der Waals surface area contributed by atoms with Crippen LogP contribution in [0, 0.1) is 6.92 Å². The first-order valence-electron chi connectivity index (χ1n) is 5.91. The van der Waals surface area contributed by atoms with Gasteiger partial charge in [-0.25, -0.2) is 14.8 Å². The van der Waals surface area contributed by atoms with Crippen LogP contribution < -0.4 is 5.32 Å². The highest BCUT2D eigenvalue weighted by Gasteiger charge is 2.11. The third-order valence-electron chi connectivity index (χ3n) is 2.71. The Morgan fingerprint density at radius 3 is 2.95 bits per heavy atom. The smallest absolute Gasteiger partial charge is 0.339 e. The van der Waals surface area contributed by atoms with Crippen LogP contribution in [-0.2, 0) is 6.42 Å². The van der Waals surface area contributed by atoms with Gasteiger partial charge in [-0.15, -0.1) is 0 Å². The van der Waals surface area contributed by atoms with Crippen LogP contribution >= 0.6 is 11.3 Å². The summed E-state index contributed by atoms with van der Waals surface area (Å²) in [5, 5.41) is 16.2. The van der Waals surface area contributed by atoms with Crippen molar-refractivity contribution < 1.29 is 9.90 Å². The molecule has 6 heteroatoms. The maximum absolute atomic E-state index is 10.9. The normalized spacial score (nSPS) is 12.1. The lowest BCUT2D eigenvalue weighted by atomic mass is 10.1. The molecule has 19 heavy (non-hydrogen) atoms. The number of nitrogens with zero attached hydrogens (tertiary/aromatic N) is 2. The van der Waals surface area contributed by atoms with E-state index in [4.69, 9.17) is 5.11 Å². The Morgan fingerprint density at radius 1 is 1.58 bits per heavy atom. The van der Waals surface area contributed by atoms with Crippen LogP contribution in [0.25, 0.3) is 0 Å². The van der Waals surface area contributed by atoms with E-state index in [0.29, 0.717) is 11.6 Å². The van der Waals surface area contributed by atoms with Crippen molar-refractivity contribution in [3.8, 4) is 0 Å². The van der Waals surface area contributed by atoms with Crippen LogP contribution in [0.1, 0.15) is 28.5 Å². The molecule has 2 N–H and O–H groups in total. The largest absolute Gasteiger partial charge is 0.478 e. The highest BCUT2D eigenvalue weighted by atomic mass is 32.1. The standard InChI is InChI=1S/C13H15N3O2S/c1-8(5-10-3-4-19-7-10)15-13-14-6-11(12(17)18)9(2)16-13/h3-4,6-8H,5H2,1-2H3,(H,17,18)(H,14,15,16). The van der Waals surface area contributed by atoms with Crippen molar-refractivity contribution in [2.24, 2.45) is 0 Å². The lowest BCUT2D eigenvalue weighted by molar-refractivity contribution is 0.0695. The minimum absolute atomic E-state index is 0.135. The Labute approximate surface area is 115 Å². The number of rotatable bonds is 5. The fourth-order valence-electron chi connectivity index (χ4n) is 1.78. The summed E-state index contributed by atoms with van der Waals surface area (Å²) in [5.41, 5.74) is 1.87. The monoisotopic (exact) mass is 277 g/mol. The Balaban J connectivity index is 2.03. The highest BCUT2D eigenvalue weighted by Crippen LogP contribution is 2.12. The van der Waals surface area contributed by atoms with Crippen molar-refractivity contribution in [1.82, 2.24) is 9.97 Å². The van der Waals surface area contributed by atoms with Gasteiger partial charge in [-0.3, -0.25) is 0 Å². The molecule has 0 aliphatic carbocycles. The average Bonchev–Trinajstić information content (AvgIpc) is 2.81. The van der Waals surface area contributed by atoms with E-state index in [9.17, 15) is 4.79 Å². The quantitative estimate of drug-likeness (QED) is 0.878. The Bertz CT molecular complexity index is 569. The number of aromatic nitrogens is 2. The molecule has 0 amide bonds. The van der Waals surface area contributed by atoms with Crippen molar-refractivity contribution in [3.63, 3.8) is 0 Å². The van der Waals surface area contributed by atoms with Gasteiger partial charge in [-0.2, -0.15) is 11.3 Å². The second-order valence-corrected chi connectivity index (χ2v) is 5.16. The van der Waals surface area contributed by atoms with Crippen LogP contribution in [-0.4, -0.2) is 27.1 Å². The third kappa shape index (κ3) is 3.51. The van der Waals surface area contributed by atoms with E-state index in [1.165, 1.54) is 11.8 Å². The first kappa shape index (κ1) is 13.5. The van der Waals surface area contributed by atoms with Gasteiger partial charge in [0.1, 0.15) is 0 Å². The molecule has 1 unspecified atom stereocenters. The fraction of sp³-hybridized carbons (Fsp3) is 0.308. The van der Waals surface area contributed by atoms with Gasteiger partial charge in [0.2, 0.25) is 5.95 Å². The van der Waals surface area contributed by atoms with E-state index >= 15 is 0 Å². The molecule has 2 heterocycles. The third-order valence-corrected chi connectivity index (χ3v) is 3.44.